The van der Waals surface area contributed by atoms with Crippen LogP contribution >= 0.6 is 0 Å². The summed E-state index contributed by atoms with van der Waals surface area (Å²) < 4.78 is 26.8. The Morgan fingerprint density at radius 1 is 1.31 bits per heavy atom. The van der Waals surface area contributed by atoms with Gasteiger partial charge in [-0.15, -0.1) is 0 Å². The van der Waals surface area contributed by atoms with Crippen LogP contribution in [0.5, 0.6) is 0 Å². The summed E-state index contributed by atoms with van der Waals surface area (Å²) in [6.45, 7) is 5.97. The lowest BCUT2D eigenvalue weighted by molar-refractivity contribution is 0.341. The average molecular weight is 245 g/mol. The van der Waals surface area contributed by atoms with Crippen molar-refractivity contribution >= 4 is 10.0 Å². The first-order valence-electron chi connectivity index (χ1n) is 5.52. The minimum absolute atomic E-state index is 0.118. The molecule has 0 unspecified atom stereocenters. The van der Waals surface area contributed by atoms with E-state index in [1.807, 2.05) is 20.8 Å². The van der Waals surface area contributed by atoms with E-state index in [0.29, 0.717) is 0 Å². The number of hydrogen-bond acceptors (Lipinski definition) is 3. The van der Waals surface area contributed by atoms with E-state index in [2.05, 4.69) is 14.7 Å². The Morgan fingerprint density at radius 2 is 1.88 bits per heavy atom. The fraction of sp³-hybridized carbons (Fsp3) is 0.700. The van der Waals surface area contributed by atoms with Gasteiger partial charge in [-0.25, -0.2) is 18.1 Å². The molecule has 0 saturated carbocycles. The summed E-state index contributed by atoms with van der Waals surface area (Å²) in [5, 5.41) is 0.118. The molecular weight excluding hydrogens is 226 g/mol. The molecule has 0 aliphatic heterocycles. The summed E-state index contributed by atoms with van der Waals surface area (Å²) in [7, 11) is -3.48. The number of rotatable bonds is 6. The molecule has 0 radical (unpaired) electrons. The molecule has 16 heavy (non-hydrogen) atoms. The molecule has 1 rings (SSSR count). The number of hydrogen-bond donors (Lipinski definition) is 2. The zero-order valence-electron chi connectivity index (χ0n) is 9.95. The Labute approximate surface area is 96.7 Å². The lowest BCUT2D eigenvalue weighted by atomic mass is 9.91. The van der Waals surface area contributed by atoms with Gasteiger partial charge in [0, 0.05) is 5.54 Å². The second-order valence-corrected chi connectivity index (χ2v) is 5.51. The van der Waals surface area contributed by atoms with E-state index < -0.39 is 10.0 Å². The van der Waals surface area contributed by atoms with Crippen LogP contribution in [0, 0.1) is 0 Å². The van der Waals surface area contributed by atoms with Gasteiger partial charge in [0.2, 0.25) is 0 Å². The normalized spacial score (nSPS) is 12.9. The molecule has 0 saturated heterocycles. The fourth-order valence-electron chi connectivity index (χ4n) is 1.70. The molecule has 1 heterocycles. The van der Waals surface area contributed by atoms with Gasteiger partial charge in [0.15, 0.2) is 5.03 Å². The van der Waals surface area contributed by atoms with Crippen LogP contribution < -0.4 is 4.72 Å². The van der Waals surface area contributed by atoms with Gasteiger partial charge in [0.1, 0.15) is 0 Å². The topological polar surface area (TPSA) is 74.8 Å². The molecule has 0 fully saturated rings. The summed E-state index contributed by atoms with van der Waals surface area (Å²) in [6.07, 6.45) is 4.99. The Bertz CT molecular complexity index is 399. The van der Waals surface area contributed by atoms with Crippen molar-refractivity contribution in [2.75, 3.05) is 0 Å². The molecule has 0 bridgehead atoms. The SMILES string of the molecule is CCC(CC)(CC)NS(=O)(=O)c1cnc[nH]1. The molecular formula is C10H19N3O2S. The van der Waals surface area contributed by atoms with Crippen LogP contribution in [0.4, 0.5) is 0 Å². The molecule has 5 nitrogen and oxygen atoms in total. The lowest BCUT2D eigenvalue weighted by Crippen LogP contribution is -2.47. The molecule has 0 amide bonds. The van der Waals surface area contributed by atoms with E-state index in [4.69, 9.17) is 0 Å². The zero-order valence-corrected chi connectivity index (χ0v) is 10.8. The third kappa shape index (κ3) is 2.62. The fourth-order valence-corrected chi connectivity index (χ4v) is 3.22. The van der Waals surface area contributed by atoms with Gasteiger partial charge >= 0.3 is 0 Å². The number of nitrogens with one attached hydrogen (secondary N) is 2. The monoisotopic (exact) mass is 245 g/mol. The molecule has 1 aromatic rings. The minimum Gasteiger partial charge on any atom is -0.335 e. The smallest absolute Gasteiger partial charge is 0.258 e. The van der Waals surface area contributed by atoms with Gasteiger partial charge in [-0.05, 0) is 19.3 Å². The second kappa shape index (κ2) is 4.97. The van der Waals surface area contributed by atoms with Crippen LogP contribution in [0.25, 0.3) is 0 Å². The van der Waals surface area contributed by atoms with Crippen LogP contribution in [0.1, 0.15) is 40.0 Å². The number of sulfonamides is 1. The van der Waals surface area contributed by atoms with E-state index in [0.717, 1.165) is 19.3 Å². The van der Waals surface area contributed by atoms with Gasteiger partial charge in [-0.2, -0.15) is 0 Å². The summed E-state index contributed by atoms with van der Waals surface area (Å²) in [6, 6.07) is 0. The predicted octanol–water partition coefficient (Wildman–Crippen LogP) is 1.66. The highest BCUT2D eigenvalue weighted by Gasteiger charge is 2.30. The standard InChI is InChI=1S/C10H19N3O2S/c1-4-10(5-2,6-3)13-16(14,15)9-7-11-8-12-9/h7-8,13H,4-6H2,1-3H3,(H,11,12). The first-order valence-corrected chi connectivity index (χ1v) is 7.00. The van der Waals surface area contributed by atoms with Gasteiger partial charge < -0.3 is 4.98 Å². The lowest BCUT2D eigenvalue weighted by Gasteiger charge is -2.30. The Hall–Kier alpha value is -0.880. The molecule has 0 atom stereocenters. The van der Waals surface area contributed by atoms with Gasteiger partial charge in [0.25, 0.3) is 10.0 Å². The minimum atomic E-state index is -3.48. The molecule has 0 spiro atoms. The summed E-state index contributed by atoms with van der Waals surface area (Å²) in [4.78, 5) is 6.33. The van der Waals surface area contributed by atoms with E-state index in [1.165, 1.54) is 12.5 Å². The third-order valence-corrected chi connectivity index (χ3v) is 4.65. The molecule has 92 valence electrons. The second-order valence-electron chi connectivity index (χ2n) is 3.86. The summed E-state index contributed by atoms with van der Waals surface area (Å²) >= 11 is 0. The molecule has 6 heteroatoms. The summed E-state index contributed by atoms with van der Waals surface area (Å²) in [5.41, 5.74) is -0.357. The van der Waals surface area contributed by atoms with Gasteiger partial charge in [-0.1, -0.05) is 20.8 Å². The zero-order chi connectivity index (χ0) is 12.2. The number of aromatic amines is 1. The number of H-pyrrole nitrogens is 1. The van der Waals surface area contributed by atoms with Crippen molar-refractivity contribution in [3.8, 4) is 0 Å². The van der Waals surface area contributed by atoms with E-state index in [-0.39, 0.29) is 10.6 Å². The van der Waals surface area contributed by atoms with Crippen molar-refractivity contribution in [3.63, 3.8) is 0 Å². The van der Waals surface area contributed by atoms with E-state index >= 15 is 0 Å². The van der Waals surface area contributed by atoms with Crippen molar-refractivity contribution in [3.05, 3.63) is 12.5 Å². The molecule has 0 aliphatic rings. The number of nitrogens with zero attached hydrogens (tertiary/aromatic N) is 1. The largest absolute Gasteiger partial charge is 0.335 e. The first-order chi connectivity index (χ1) is 7.49. The predicted molar refractivity (Wildman–Crippen MR) is 62.5 cm³/mol. The maximum atomic E-state index is 12.0. The van der Waals surface area contributed by atoms with E-state index in [1.54, 1.807) is 0 Å². The van der Waals surface area contributed by atoms with Crippen molar-refractivity contribution in [1.29, 1.82) is 0 Å². The van der Waals surface area contributed by atoms with Crippen LogP contribution in [0.15, 0.2) is 17.6 Å². The maximum Gasteiger partial charge on any atom is 0.258 e. The Kier molecular flexibility index (Phi) is 4.09. The number of aromatic nitrogens is 2. The first kappa shape index (κ1) is 13.2. The third-order valence-electron chi connectivity index (χ3n) is 3.14. The Balaban J connectivity index is 2.96. The van der Waals surface area contributed by atoms with Crippen molar-refractivity contribution in [2.24, 2.45) is 0 Å². The Morgan fingerprint density at radius 3 is 2.25 bits per heavy atom. The average Bonchev–Trinajstić information content (AvgIpc) is 2.80. The highest BCUT2D eigenvalue weighted by molar-refractivity contribution is 7.89. The molecule has 0 aliphatic carbocycles. The number of imidazole rings is 1. The quantitative estimate of drug-likeness (QED) is 0.800. The van der Waals surface area contributed by atoms with E-state index in [9.17, 15) is 8.42 Å². The van der Waals surface area contributed by atoms with Gasteiger partial charge in [0.05, 0.1) is 12.5 Å². The van der Waals surface area contributed by atoms with Crippen molar-refractivity contribution in [1.82, 2.24) is 14.7 Å². The molecule has 0 aromatic carbocycles. The molecule has 2 N–H and O–H groups in total. The van der Waals surface area contributed by atoms with Crippen LogP contribution in [-0.2, 0) is 10.0 Å². The summed E-state index contributed by atoms with van der Waals surface area (Å²) in [5.74, 6) is 0. The molecule has 1 aromatic heterocycles. The van der Waals surface area contributed by atoms with Crippen LogP contribution in [0.2, 0.25) is 0 Å². The highest BCUT2D eigenvalue weighted by Crippen LogP contribution is 2.22. The highest BCUT2D eigenvalue weighted by atomic mass is 32.2. The maximum absolute atomic E-state index is 12.0. The van der Waals surface area contributed by atoms with Crippen LogP contribution in [-0.4, -0.2) is 23.9 Å². The van der Waals surface area contributed by atoms with Gasteiger partial charge in [-0.3, -0.25) is 0 Å². The van der Waals surface area contributed by atoms with Crippen molar-refractivity contribution in [2.45, 2.75) is 50.6 Å². The van der Waals surface area contributed by atoms with Crippen molar-refractivity contribution < 1.29 is 8.42 Å². The van der Waals surface area contributed by atoms with Crippen LogP contribution in [0.3, 0.4) is 0 Å².